The van der Waals surface area contributed by atoms with Crippen LogP contribution >= 0.6 is 0 Å². The van der Waals surface area contributed by atoms with Crippen molar-refractivity contribution in [3.05, 3.63) is 47.2 Å². The number of fused-ring (bicyclic) bond motifs is 1. The highest BCUT2D eigenvalue weighted by molar-refractivity contribution is 6.01. The Bertz CT molecular complexity index is 944. The summed E-state index contributed by atoms with van der Waals surface area (Å²) in [4.78, 5) is 4.10. The molecule has 0 aliphatic carbocycles. The van der Waals surface area contributed by atoms with E-state index in [-0.39, 0.29) is 22.9 Å². The first-order valence-corrected chi connectivity index (χ1v) is 7.23. The number of rotatable bonds is 2. The third kappa shape index (κ3) is 3.05. The Kier molecular flexibility index (Phi) is 4.84. The molecule has 0 spiro atoms. The minimum atomic E-state index is -0.0116. The van der Waals surface area contributed by atoms with E-state index >= 15 is 0 Å². The number of aromatic hydroxyl groups is 1. The van der Waals surface area contributed by atoms with E-state index in [9.17, 15) is 5.11 Å². The summed E-state index contributed by atoms with van der Waals surface area (Å²) in [6, 6.07) is 13.2. The maximum Gasteiger partial charge on any atom is 0.155 e. The Morgan fingerprint density at radius 2 is 1.88 bits per heavy atom. The molecule has 0 aliphatic heterocycles. The van der Waals surface area contributed by atoms with Gasteiger partial charge in [-0.2, -0.15) is 10.5 Å². The normalized spacial score (nSPS) is 12.3. The first-order chi connectivity index (χ1) is 11.4. The van der Waals surface area contributed by atoms with E-state index in [1.807, 2.05) is 43.3 Å². The molecule has 0 saturated heterocycles. The average molecular weight is 319 g/mol. The number of hydrogen-bond acceptors (Lipinski definition) is 5. The lowest BCUT2D eigenvalue weighted by Crippen LogP contribution is -2.36. The second kappa shape index (κ2) is 6.82. The highest BCUT2D eigenvalue weighted by Crippen LogP contribution is 2.35. The lowest BCUT2D eigenvalue weighted by molar-refractivity contribution is 0.473. The summed E-state index contributed by atoms with van der Waals surface area (Å²) in [6.07, 6.45) is 0. The van der Waals surface area contributed by atoms with E-state index in [1.54, 1.807) is 13.0 Å². The van der Waals surface area contributed by atoms with Crippen LogP contribution in [0.3, 0.4) is 0 Å². The Labute approximate surface area is 140 Å². The van der Waals surface area contributed by atoms with Gasteiger partial charge in [-0.1, -0.05) is 24.3 Å². The van der Waals surface area contributed by atoms with E-state index in [4.69, 9.17) is 16.4 Å². The second-order valence-corrected chi connectivity index (χ2v) is 5.32. The molecule has 0 radical (unpaired) electrons. The largest absolute Gasteiger partial charge is 0.505 e. The first-order valence-electron chi connectivity index (χ1n) is 7.23. The number of nitrogens with zero attached hydrogens (tertiary/aromatic N) is 4. The summed E-state index contributed by atoms with van der Waals surface area (Å²) >= 11 is 0. The predicted octanol–water partition coefficient (Wildman–Crippen LogP) is 3.27. The number of nitrogens with two attached hydrogens (primary N) is 1. The zero-order valence-electron chi connectivity index (χ0n) is 13.7. The van der Waals surface area contributed by atoms with Gasteiger partial charge in [-0.3, -0.25) is 5.01 Å². The summed E-state index contributed by atoms with van der Waals surface area (Å²) in [5.74, 6) is 6.40. The molecule has 0 aliphatic rings. The van der Waals surface area contributed by atoms with Crippen molar-refractivity contribution in [2.75, 3.05) is 5.01 Å². The maximum atomic E-state index is 10.5. The van der Waals surface area contributed by atoms with Gasteiger partial charge in [-0.25, -0.2) is 10.8 Å². The molecule has 0 aromatic heterocycles. The summed E-state index contributed by atoms with van der Waals surface area (Å²) in [7, 11) is 0. The highest BCUT2D eigenvalue weighted by atomic mass is 16.3. The molecule has 0 heterocycles. The molecule has 2 rings (SSSR count). The predicted molar refractivity (Wildman–Crippen MR) is 94.1 cm³/mol. The molecule has 24 heavy (non-hydrogen) atoms. The monoisotopic (exact) mass is 319 g/mol. The van der Waals surface area contributed by atoms with Crippen LogP contribution < -0.4 is 10.9 Å². The SMILES string of the molecule is CC(=N/C(C#N)=C(\C)C#N)N(N)c1cc2ccccc2c(C)c1O. The van der Waals surface area contributed by atoms with Crippen molar-refractivity contribution in [3.63, 3.8) is 0 Å². The van der Waals surface area contributed by atoms with Gasteiger partial charge in [0.1, 0.15) is 23.3 Å². The van der Waals surface area contributed by atoms with Gasteiger partial charge < -0.3 is 5.11 Å². The number of phenols is 1. The van der Waals surface area contributed by atoms with E-state index in [0.29, 0.717) is 11.3 Å². The quantitative estimate of drug-likeness (QED) is 0.290. The third-order valence-electron chi connectivity index (χ3n) is 3.77. The van der Waals surface area contributed by atoms with Crippen LogP contribution in [-0.4, -0.2) is 10.9 Å². The Morgan fingerprint density at radius 1 is 1.21 bits per heavy atom. The molecule has 0 unspecified atom stereocenters. The standard InChI is InChI=1S/C18H17N5O/c1-11(9-19)16(10-20)22-13(3)23(21)17-8-14-6-4-5-7-15(14)12(2)18(17)24/h4-8,24H,21H2,1-3H3/b16-11+,22-13?. The lowest BCUT2D eigenvalue weighted by Gasteiger charge is -2.21. The number of allylic oxidation sites excluding steroid dienone is 2. The number of amidine groups is 1. The van der Waals surface area contributed by atoms with Gasteiger partial charge in [0.15, 0.2) is 5.70 Å². The van der Waals surface area contributed by atoms with Gasteiger partial charge in [-0.15, -0.1) is 0 Å². The van der Waals surface area contributed by atoms with E-state index in [1.165, 1.54) is 11.9 Å². The van der Waals surface area contributed by atoms with Gasteiger partial charge in [0.05, 0.1) is 11.6 Å². The Morgan fingerprint density at radius 3 is 2.50 bits per heavy atom. The van der Waals surface area contributed by atoms with Crippen molar-refractivity contribution >= 4 is 22.3 Å². The molecule has 0 saturated carbocycles. The smallest absolute Gasteiger partial charge is 0.155 e. The van der Waals surface area contributed by atoms with Crippen LogP contribution in [0.1, 0.15) is 19.4 Å². The van der Waals surface area contributed by atoms with Crippen molar-refractivity contribution in [2.24, 2.45) is 10.8 Å². The summed E-state index contributed by atoms with van der Waals surface area (Å²) < 4.78 is 0. The van der Waals surface area contributed by atoms with Gasteiger partial charge >= 0.3 is 0 Å². The molecule has 6 heteroatoms. The van der Waals surface area contributed by atoms with Crippen molar-refractivity contribution in [1.29, 1.82) is 10.5 Å². The zero-order chi connectivity index (χ0) is 17.9. The highest BCUT2D eigenvalue weighted by Gasteiger charge is 2.15. The summed E-state index contributed by atoms with van der Waals surface area (Å²) in [5.41, 5.74) is 1.27. The maximum absolute atomic E-state index is 10.5. The fourth-order valence-corrected chi connectivity index (χ4v) is 2.32. The van der Waals surface area contributed by atoms with E-state index in [2.05, 4.69) is 4.99 Å². The van der Waals surface area contributed by atoms with Crippen LogP contribution in [-0.2, 0) is 0 Å². The van der Waals surface area contributed by atoms with Gasteiger partial charge in [0, 0.05) is 5.56 Å². The molecule has 0 atom stereocenters. The van der Waals surface area contributed by atoms with Crippen molar-refractivity contribution < 1.29 is 5.11 Å². The fraction of sp³-hybridized carbons (Fsp3) is 0.167. The molecule has 2 aromatic rings. The number of nitriles is 2. The van der Waals surface area contributed by atoms with Gasteiger partial charge in [-0.05, 0) is 37.6 Å². The second-order valence-electron chi connectivity index (χ2n) is 5.32. The van der Waals surface area contributed by atoms with E-state index in [0.717, 1.165) is 10.8 Å². The molecular formula is C18H17N5O. The number of aliphatic imine (C=N–C) groups is 1. The van der Waals surface area contributed by atoms with Crippen LogP contribution in [0, 0.1) is 29.6 Å². The molecule has 3 N–H and O–H groups in total. The van der Waals surface area contributed by atoms with Crippen LogP contribution in [0.15, 0.2) is 46.6 Å². The minimum Gasteiger partial charge on any atom is -0.505 e. The van der Waals surface area contributed by atoms with Gasteiger partial charge in [0.2, 0.25) is 0 Å². The van der Waals surface area contributed by atoms with Crippen LogP contribution in [0.25, 0.3) is 10.8 Å². The number of anilines is 1. The number of benzene rings is 2. The van der Waals surface area contributed by atoms with Crippen molar-refractivity contribution in [1.82, 2.24) is 0 Å². The Hall–Kier alpha value is -3.35. The Balaban J connectivity index is 2.57. The molecule has 6 nitrogen and oxygen atoms in total. The average Bonchev–Trinajstić information content (AvgIpc) is 2.61. The van der Waals surface area contributed by atoms with Crippen LogP contribution in [0.5, 0.6) is 5.75 Å². The molecule has 120 valence electrons. The molecule has 0 bridgehead atoms. The number of phenolic OH excluding ortho intramolecular Hbond substituents is 1. The van der Waals surface area contributed by atoms with Crippen molar-refractivity contribution in [3.8, 4) is 17.9 Å². The van der Waals surface area contributed by atoms with Gasteiger partial charge in [0.25, 0.3) is 0 Å². The molecule has 0 fully saturated rings. The number of hydrazine groups is 1. The molecule has 2 aromatic carbocycles. The molecule has 0 amide bonds. The number of hydrogen-bond donors (Lipinski definition) is 2. The zero-order valence-corrected chi connectivity index (χ0v) is 13.7. The van der Waals surface area contributed by atoms with Crippen LogP contribution in [0.4, 0.5) is 5.69 Å². The lowest BCUT2D eigenvalue weighted by atomic mass is 10.0. The first kappa shape index (κ1) is 17.0. The van der Waals surface area contributed by atoms with Crippen molar-refractivity contribution in [2.45, 2.75) is 20.8 Å². The topological polar surface area (TPSA) is 109 Å². The van der Waals surface area contributed by atoms with Crippen LogP contribution in [0.2, 0.25) is 0 Å². The van der Waals surface area contributed by atoms with E-state index < -0.39 is 0 Å². The fourth-order valence-electron chi connectivity index (χ4n) is 2.32. The summed E-state index contributed by atoms with van der Waals surface area (Å²) in [6.45, 7) is 4.92. The third-order valence-corrected chi connectivity index (χ3v) is 3.77. The minimum absolute atomic E-state index is 0.0116. The summed E-state index contributed by atoms with van der Waals surface area (Å²) in [5, 5.41) is 31.5. The number of aryl methyl sites for hydroxylation is 1. The molecular weight excluding hydrogens is 302 g/mol.